The van der Waals surface area contributed by atoms with Crippen molar-refractivity contribution in [3.63, 3.8) is 0 Å². The number of ether oxygens (including phenoxy) is 1. The van der Waals surface area contributed by atoms with Gasteiger partial charge in [0.25, 0.3) is 0 Å². The highest BCUT2D eigenvalue weighted by atomic mass is 127. The second-order valence-electron chi connectivity index (χ2n) is 6.09. The van der Waals surface area contributed by atoms with Crippen LogP contribution in [0.5, 0.6) is 0 Å². The van der Waals surface area contributed by atoms with Crippen LogP contribution in [0.25, 0.3) is 0 Å². The van der Waals surface area contributed by atoms with Crippen LogP contribution in [0, 0.1) is 11.8 Å². The zero-order valence-corrected chi connectivity index (χ0v) is 14.2. The first-order valence-corrected chi connectivity index (χ1v) is 9.45. The smallest absolute Gasteiger partial charge is 0.0672 e. The Kier molecular flexibility index (Phi) is 7.28. The van der Waals surface area contributed by atoms with Gasteiger partial charge in [-0.25, -0.2) is 0 Å². The summed E-state index contributed by atoms with van der Waals surface area (Å²) >= 11 is 2.39. The van der Waals surface area contributed by atoms with Crippen LogP contribution in [0.4, 0.5) is 0 Å². The third-order valence-corrected chi connectivity index (χ3v) is 5.58. The second-order valence-corrected chi connectivity index (χ2v) is 6.97. The van der Waals surface area contributed by atoms with Gasteiger partial charge in [0.1, 0.15) is 0 Å². The van der Waals surface area contributed by atoms with E-state index in [0.717, 1.165) is 36.5 Å². The summed E-state index contributed by atoms with van der Waals surface area (Å²) in [7, 11) is 0. The van der Waals surface area contributed by atoms with Crippen LogP contribution in [-0.4, -0.2) is 39.6 Å². The Morgan fingerprint density at radius 2 is 1.95 bits per heavy atom. The summed E-state index contributed by atoms with van der Waals surface area (Å²) in [6.45, 7) is 0.311. The van der Waals surface area contributed by atoms with Gasteiger partial charge < -0.3 is 14.9 Å². The highest BCUT2D eigenvalue weighted by Gasteiger charge is 2.47. The molecule has 0 amide bonds. The van der Waals surface area contributed by atoms with Crippen molar-refractivity contribution in [2.24, 2.45) is 11.8 Å². The average Bonchev–Trinajstić information content (AvgIpc) is 2.96. The SMILES string of the molecule is OCCCCCCC=C[C@@H]1[C@H]2C[C@@H](CI)O[C@@H]2C[C@H]1O. The fraction of sp³-hybridized carbons (Fsp3) is 0.875. The van der Waals surface area contributed by atoms with Gasteiger partial charge in [-0.1, -0.05) is 47.6 Å². The third-order valence-electron chi connectivity index (χ3n) is 4.60. The maximum atomic E-state index is 10.2. The van der Waals surface area contributed by atoms with E-state index >= 15 is 0 Å². The van der Waals surface area contributed by atoms with Gasteiger partial charge >= 0.3 is 0 Å². The Morgan fingerprint density at radius 1 is 1.15 bits per heavy atom. The van der Waals surface area contributed by atoms with E-state index in [1.807, 2.05) is 0 Å². The summed E-state index contributed by atoms with van der Waals surface area (Å²) in [5.41, 5.74) is 0. The molecule has 0 aromatic heterocycles. The molecule has 1 aliphatic heterocycles. The minimum Gasteiger partial charge on any atom is -0.396 e. The Bertz CT molecular complexity index is 308. The predicted octanol–water partition coefficient (Wildman–Crippen LogP) is 3.07. The molecule has 0 spiro atoms. The summed E-state index contributed by atoms with van der Waals surface area (Å²) < 4.78 is 7.04. The van der Waals surface area contributed by atoms with E-state index in [4.69, 9.17) is 9.84 Å². The van der Waals surface area contributed by atoms with E-state index < -0.39 is 0 Å². The molecule has 1 heterocycles. The quantitative estimate of drug-likeness (QED) is 0.288. The fourth-order valence-electron chi connectivity index (χ4n) is 3.53. The van der Waals surface area contributed by atoms with Crippen molar-refractivity contribution < 1.29 is 14.9 Å². The van der Waals surface area contributed by atoms with Gasteiger partial charge in [0.05, 0.1) is 18.3 Å². The standard InChI is InChI=1S/C16H27IO3/c17-11-12-9-14-13(15(19)10-16(14)20-12)7-5-3-1-2-4-6-8-18/h5,7,12-16,18-19H,1-4,6,8-11H2/t12-,13+,14+,15+,16+/m0/s1. The zero-order chi connectivity index (χ0) is 14.4. The van der Waals surface area contributed by atoms with E-state index in [-0.39, 0.29) is 12.2 Å². The van der Waals surface area contributed by atoms with Crippen molar-refractivity contribution >= 4 is 22.6 Å². The number of fused-ring (bicyclic) bond motifs is 1. The first-order chi connectivity index (χ1) is 9.76. The Labute approximate surface area is 135 Å². The fourth-order valence-corrected chi connectivity index (χ4v) is 4.09. The molecule has 0 aromatic rings. The van der Waals surface area contributed by atoms with Crippen LogP contribution < -0.4 is 0 Å². The molecule has 2 aliphatic rings. The molecule has 4 heteroatoms. The lowest BCUT2D eigenvalue weighted by molar-refractivity contribution is 0.0407. The monoisotopic (exact) mass is 394 g/mol. The molecular formula is C16H27IO3. The number of allylic oxidation sites excluding steroid dienone is 1. The van der Waals surface area contributed by atoms with Crippen LogP contribution in [0.1, 0.15) is 44.9 Å². The lowest BCUT2D eigenvalue weighted by Gasteiger charge is -2.16. The summed E-state index contributed by atoms with van der Waals surface area (Å²) in [6, 6.07) is 0. The van der Waals surface area contributed by atoms with Crippen molar-refractivity contribution in [3.05, 3.63) is 12.2 Å². The van der Waals surface area contributed by atoms with Gasteiger partial charge in [-0.15, -0.1) is 0 Å². The molecule has 1 saturated heterocycles. The highest BCUT2D eigenvalue weighted by Crippen LogP contribution is 2.44. The van der Waals surface area contributed by atoms with E-state index in [0.29, 0.717) is 24.5 Å². The topological polar surface area (TPSA) is 49.7 Å². The molecule has 3 nitrogen and oxygen atoms in total. The van der Waals surface area contributed by atoms with Crippen molar-refractivity contribution in [3.8, 4) is 0 Å². The maximum absolute atomic E-state index is 10.2. The van der Waals surface area contributed by atoms with Crippen LogP contribution in [0.3, 0.4) is 0 Å². The van der Waals surface area contributed by atoms with E-state index in [2.05, 4.69) is 34.7 Å². The highest BCUT2D eigenvalue weighted by molar-refractivity contribution is 14.1. The molecule has 0 aromatic carbocycles. The number of rotatable bonds is 8. The molecule has 0 radical (unpaired) electrons. The first-order valence-electron chi connectivity index (χ1n) is 7.93. The van der Waals surface area contributed by atoms with E-state index in [1.165, 1.54) is 12.8 Å². The number of aliphatic hydroxyl groups excluding tert-OH is 2. The Hall–Kier alpha value is 0.350. The molecule has 0 bridgehead atoms. The number of halogens is 1. The minimum absolute atomic E-state index is 0.217. The van der Waals surface area contributed by atoms with Crippen LogP contribution in [-0.2, 0) is 4.74 Å². The second kappa shape index (κ2) is 8.71. The Balaban J connectivity index is 1.71. The zero-order valence-electron chi connectivity index (χ0n) is 12.1. The molecule has 0 unspecified atom stereocenters. The van der Waals surface area contributed by atoms with Crippen molar-refractivity contribution in [2.45, 2.75) is 63.3 Å². The summed E-state index contributed by atoms with van der Waals surface area (Å²) in [5.74, 6) is 0.820. The molecule has 2 fully saturated rings. The summed E-state index contributed by atoms with van der Waals surface area (Å²) in [5, 5.41) is 18.9. The molecule has 2 N–H and O–H groups in total. The molecule has 116 valence electrons. The first kappa shape index (κ1) is 16.7. The number of unbranched alkanes of at least 4 members (excludes halogenated alkanes) is 4. The van der Waals surface area contributed by atoms with E-state index in [1.54, 1.807) is 0 Å². The predicted molar refractivity (Wildman–Crippen MR) is 89.1 cm³/mol. The largest absolute Gasteiger partial charge is 0.396 e. The van der Waals surface area contributed by atoms with Crippen molar-refractivity contribution in [1.82, 2.24) is 0 Å². The molecular weight excluding hydrogens is 367 g/mol. The van der Waals surface area contributed by atoms with Crippen LogP contribution >= 0.6 is 22.6 Å². The lowest BCUT2D eigenvalue weighted by Crippen LogP contribution is -2.19. The van der Waals surface area contributed by atoms with Crippen molar-refractivity contribution in [2.75, 3.05) is 11.0 Å². The van der Waals surface area contributed by atoms with Crippen LogP contribution in [0.2, 0.25) is 0 Å². The normalized spacial score (nSPS) is 36.9. The van der Waals surface area contributed by atoms with Gasteiger partial charge in [-0.3, -0.25) is 0 Å². The summed E-state index contributed by atoms with van der Waals surface area (Å²) in [4.78, 5) is 0. The van der Waals surface area contributed by atoms with Gasteiger partial charge in [0.2, 0.25) is 0 Å². The van der Waals surface area contributed by atoms with Gasteiger partial charge in [-0.2, -0.15) is 0 Å². The van der Waals surface area contributed by atoms with E-state index in [9.17, 15) is 5.11 Å². The molecule has 1 saturated carbocycles. The average molecular weight is 394 g/mol. The van der Waals surface area contributed by atoms with Crippen LogP contribution in [0.15, 0.2) is 12.2 Å². The number of hydrogen-bond donors (Lipinski definition) is 2. The minimum atomic E-state index is -0.217. The number of hydrogen-bond acceptors (Lipinski definition) is 3. The lowest BCUT2D eigenvalue weighted by atomic mass is 9.90. The van der Waals surface area contributed by atoms with Gasteiger partial charge in [0, 0.05) is 23.4 Å². The third kappa shape index (κ3) is 4.42. The molecule has 2 rings (SSSR count). The number of aliphatic hydroxyl groups is 2. The van der Waals surface area contributed by atoms with Gasteiger partial charge in [0.15, 0.2) is 0 Å². The van der Waals surface area contributed by atoms with Gasteiger partial charge in [-0.05, 0) is 31.6 Å². The molecule has 20 heavy (non-hydrogen) atoms. The molecule has 5 atom stereocenters. The molecule has 1 aliphatic carbocycles. The number of alkyl halides is 1. The maximum Gasteiger partial charge on any atom is 0.0672 e. The Morgan fingerprint density at radius 3 is 2.70 bits per heavy atom. The van der Waals surface area contributed by atoms with Crippen molar-refractivity contribution in [1.29, 1.82) is 0 Å². The summed E-state index contributed by atoms with van der Waals surface area (Å²) in [6.07, 6.45) is 12.3.